The maximum absolute atomic E-state index is 13.9. The monoisotopic (exact) mass is 400 g/mol. The van der Waals surface area contributed by atoms with E-state index in [9.17, 15) is 14.0 Å². The molecule has 29 heavy (non-hydrogen) atoms. The Hall–Kier alpha value is -2.74. The van der Waals surface area contributed by atoms with Crippen molar-refractivity contribution in [3.63, 3.8) is 0 Å². The van der Waals surface area contributed by atoms with Crippen LogP contribution >= 0.6 is 0 Å². The van der Waals surface area contributed by atoms with Gasteiger partial charge in [-0.05, 0) is 30.7 Å². The molecule has 2 aromatic rings. The van der Waals surface area contributed by atoms with Crippen molar-refractivity contribution in [2.24, 2.45) is 11.8 Å². The third kappa shape index (κ3) is 3.64. The van der Waals surface area contributed by atoms with Crippen molar-refractivity contribution in [3.05, 3.63) is 53.6 Å². The van der Waals surface area contributed by atoms with Gasteiger partial charge in [-0.2, -0.15) is 5.10 Å². The zero-order chi connectivity index (χ0) is 20.5. The molecule has 0 saturated carbocycles. The van der Waals surface area contributed by atoms with Crippen LogP contribution in [0.3, 0.4) is 0 Å². The van der Waals surface area contributed by atoms with Crippen LogP contribution in [0.25, 0.3) is 0 Å². The highest BCUT2D eigenvalue weighted by molar-refractivity contribution is 5.92. The summed E-state index contributed by atoms with van der Waals surface area (Å²) in [5, 5.41) is 4.32. The molecule has 2 aliphatic rings. The van der Waals surface area contributed by atoms with Crippen molar-refractivity contribution in [2.45, 2.75) is 19.5 Å². The molecule has 2 saturated heterocycles. The van der Waals surface area contributed by atoms with Crippen molar-refractivity contribution in [2.75, 3.05) is 33.4 Å². The Bertz CT molecular complexity index is 915. The van der Waals surface area contributed by atoms with Crippen LogP contribution < -0.4 is 0 Å². The highest BCUT2D eigenvalue weighted by Gasteiger charge is 2.50. The van der Waals surface area contributed by atoms with Crippen LogP contribution in [0.4, 0.5) is 4.39 Å². The number of nitrogens with zero attached hydrogens (tertiary/aromatic N) is 4. The summed E-state index contributed by atoms with van der Waals surface area (Å²) in [5.41, 5.74) is 1.19. The van der Waals surface area contributed by atoms with Gasteiger partial charge in [0.2, 0.25) is 5.91 Å². The molecule has 0 N–H and O–H groups in total. The number of hydrogen-bond acceptors (Lipinski definition) is 4. The van der Waals surface area contributed by atoms with Crippen molar-refractivity contribution >= 4 is 11.8 Å². The predicted octanol–water partition coefficient (Wildman–Crippen LogP) is 1.96. The molecule has 0 bridgehead atoms. The molecule has 154 valence electrons. The summed E-state index contributed by atoms with van der Waals surface area (Å²) in [6.45, 7) is 4.27. The lowest BCUT2D eigenvalue weighted by Crippen LogP contribution is -2.39. The van der Waals surface area contributed by atoms with Crippen LogP contribution in [0.1, 0.15) is 29.0 Å². The number of carbonyl (C=O) groups is 2. The standard InChI is InChI=1S/C21H25FN4O3/c1-3-25-8-7-18(23-25)21(28)24-10-15-11-26(19(27)13-29-2)20(17(15)12-24)14-5-4-6-16(22)9-14/h4-9,15,17,20H,3,10-13H2,1-2H3/t15-,17-,20+/m1/s1. The van der Waals surface area contributed by atoms with Gasteiger partial charge in [0.25, 0.3) is 5.91 Å². The number of methoxy groups -OCH3 is 1. The zero-order valence-corrected chi connectivity index (χ0v) is 16.6. The number of carbonyl (C=O) groups excluding carboxylic acids is 2. The fourth-order valence-corrected chi connectivity index (χ4v) is 4.61. The number of hydrogen-bond donors (Lipinski definition) is 0. The minimum absolute atomic E-state index is 0.0116. The van der Waals surface area contributed by atoms with Crippen molar-refractivity contribution in [1.29, 1.82) is 0 Å². The molecule has 2 aliphatic heterocycles. The van der Waals surface area contributed by atoms with Gasteiger partial charge in [-0.1, -0.05) is 12.1 Å². The van der Waals surface area contributed by atoms with E-state index in [-0.39, 0.29) is 42.1 Å². The molecule has 1 aromatic heterocycles. The topological polar surface area (TPSA) is 67.7 Å². The molecule has 0 unspecified atom stereocenters. The summed E-state index contributed by atoms with van der Waals surface area (Å²) in [6.07, 6.45) is 1.80. The first-order valence-corrected chi connectivity index (χ1v) is 9.88. The van der Waals surface area contributed by atoms with Crippen LogP contribution in [0.15, 0.2) is 36.5 Å². The summed E-state index contributed by atoms with van der Waals surface area (Å²) in [6, 6.07) is 7.84. The molecule has 0 radical (unpaired) electrons. The summed E-state index contributed by atoms with van der Waals surface area (Å²) in [4.78, 5) is 29.1. The number of benzene rings is 1. The fraction of sp³-hybridized carbons (Fsp3) is 0.476. The average molecular weight is 400 g/mol. The maximum Gasteiger partial charge on any atom is 0.274 e. The summed E-state index contributed by atoms with van der Waals surface area (Å²) < 4.78 is 20.7. The number of aromatic nitrogens is 2. The molecule has 8 heteroatoms. The Morgan fingerprint density at radius 3 is 2.76 bits per heavy atom. The third-order valence-corrected chi connectivity index (χ3v) is 5.91. The van der Waals surface area contributed by atoms with E-state index in [4.69, 9.17) is 4.74 Å². The molecule has 7 nitrogen and oxygen atoms in total. The van der Waals surface area contributed by atoms with E-state index in [0.717, 1.165) is 5.56 Å². The van der Waals surface area contributed by atoms with Gasteiger partial charge < -0.3 is 14.5 Å². The molecule has 3 atom stereocenters. The number of amides is 2. The lowest BCUT2D eigenvalue weighted by molar-refractivity contribution is -0.136. The molecule has 2 fully saturated rings. The van der Waals surface area contributed by atoms with Gasteiger partial charge in [-0.15, -0.1) is 0 Å². The molecule has 4 rings (SSSR count). The Labute approximate surface area is 169 Å². The summed E-state index contributed by atoms with van der Waals surface area (Å²) in [5.74, 6) is -0.354. The number of rotatable bonds is 5. The van der Waals surface area contributed by atoms with E-state index >= 15 is 0 Å². The minimum Gasteiger partial charge on any atom is -0.375 e. The van der Waals surface area contributed by atoms with Crippen LogP contribution in [-0.4, -0.2) is 64.7 Å². The van der Waals surface area contributed by atoms with Gasteiger partial charge in [0, 0.05) is 51.3 Å². The summed E-state index contributed by atoms with van der Waals surface area (Å²) in [7, 11) is 1.49. The first-order chi connectivity index (χ1) is 14.0. The smallest absolute Gasteiger partial charge is 0.274 e. The van der Waals surface area contributed by atoms with Crippen molar-refractivity contribution in [3.8, 4) is 0 Å². The SMILES string of the molecule is CCn1ccc(C(=O)N2C[C@@H]3CN(C(=O)COC)[C@@H](c4cccc(F)c4)[C@@H]3C2)n1. The van der Waals surface area contributed by atoms with Gasteiger partial charge in [0.15, 0.2) is 0 Å². The van der Waals surface area contributed by atoms with Gasteiger partial charge >= 0.3 is 0 Å². The number of halogens is 1. The highest BCUT2D eigenvalue weighted by atomic mass is 19.1. The Morgan fingerprint density at radius 1 is 1.24 bits per heavy atom. The fourth-order valence-electron chi connectivity index (χ4n) is 4.61. The Morgan fingerprint density at radius 2 is 2.07 bits per heavy atom. The van der Waals surface area contributed by atoms with E-state index in [0.29, 0.717) is 31.9 Å². The number of ether oxygens (including phenoxy) is 1. The van der Waals surface area contributed by atoms with Crippen LogP contribution in [-0.2, 0) is 16.1 Å². The number of aryl methyl sites for hydroxylation is 1. The molecule has 1 aromatic carbocycles. The first kappa shape index (κ1) is 19.6. The molecular weight excluding hydrogens is 375 g/mol. The van der Waals surface area contributed by atoms with Crippen LogP contribution in [0.2, 0.25) is 0 Å². The molecular formula is C21H25FN4O3. The number of likely N-dealkylation sites (tertiary alicyclic amines) is 2. The second-order valence-corrected chi connectivity index (χ2v) is 7.67. The maximum atomic E-state index is 13.9. The Balaban J connectivity index is 1.58. The Kier molecular flexibility index (Phi) is 5.36. The summed E-state index contributed by atoms with van der Waals surface area (Å²) >= 11 is 0. The number of fused-ring (bicyclic) bond motifs is 1. The van der Waals surface area contributed by atoms with Crippen LogP contribution in [0, 0.1) is 17.7 Å². The molecule has 3 heterocycles. The minimum atomic E-state index is -0.332. The van der Waals surface area contributed by atoms with E-state index in [2.05, 4.69) is 5.10 Å². The third-order valence-electron chi connectivity index (χ3n) is 5.91. The molecule has 2 amide bonds. The quantitative estimate of drug-likeness (QED) is 0.770. The van der Waals surface area contributed by atoms with Gasteiger partial charge in [-0.3, -0.25) is 14.3 Å². The first-order valence-electron chi connectivity index (χ1n) is 9.88. The normalized spacial score (nSPS) is 23.5. The molecule has 0 aliphatic carbocycles. The van der Waals surface area contributed by atoms with Crippen molar-refractivity contribution < 1.29 is 18.7 Å². The lowest BCUT2D eigenvalue weighted by Gasteiger charge is -2.29. The molecule has 0 spiro atoms. The van der Waals surface area contributed by atoms with Crippen molar-refractivity contribution in [1.82, 2.24) is 19.6 Å². The van der Waals surface area contributed by atoms with E-state index in [1.807, 2.05) is 17.9 Å². The van der Waals surface area contributed by atoms with Gasteiger partial charge in [0.1, 0.15) is 18.1 Å². The van der Waals surface area contributed by atoms with Gasteiger partial charge in [-0.25, -0.2) is 4.39 Å². The van der Waals surface area contributed by atoms with E-state index < -0.39 is 0 Å². The second kappa shape index (κ2) is 7.94. The largest absolute Gasteiger partial charge is 0.375 e. The predicted molar refractivity (Wildman–Crippen MR) is 104 cm³/mol. The highest BCUT2D eigenvalue weighted by Crippen LogP contribution is 2.45. The average Bonchev–Trinajstić information content (AvgIpc) is 3.41. The zero-order valence-electron chi connectivity index (χ0n) is 16.6. The van der Waals surface area contributed by atoms with E-state index in [1.54, 1.807) is 27.9 Å². The lowest BCUT2D eigenvalue weighted by atomic mass is 9.89. The second-order valence-electron chi connectivity index (χ2n) is 7.67. The van der Waals surface area contributed by atoms with Gasteiger partial charge in [0.05, 0.1) is 6.04 Å². The van der Waals surface area contributed by atoms with Crippen LogP contribution in [0.5, 0.6) is 0 Å². The van der Waals surface area contributed by atoms with E-state index in [1.165, 1.54) is 19.2 Å².